The fraction of sp³-hybridized carbons (Fsp3) is 0.257. The highest BCUT2D eigenvalue weighted by molar-refractivity contribution is 5.85. The summed E-state index contributed by atoms with van der Waals surface area (Å²) in [6.45, 7) is 2.23. The molecule has 6 rings (SSSR count). The van der Waals surface area contributed by atoms with Crippen LogP contribution in [0.1, 0.15) is 42.5 Å². The van der Waals surface area contributed by atoms with Gasteiger partial charge in [-0.3, -0.25) is 4.90 Å². The molecular weight excluding hydrogens is 495 g/mol. The number of nitrogen functional groups attached to an aromatic ring is 1. The molecule has 0 amide bonds. The number of hydrogen-bond donors (Lipinski definition) is 3. The van der Waals surface area contributed by atoms with E-state index in [0.29, 0.717) is 0 Å². The lowest BCUT2D eigenvalue weighted by molar-refractivity contribution is 0.0705. The van der Waals surface area contributed by atoms with Crippen LogP contribution < -0.4 is 11.1 Å². The maximum absolute atomic E-state index is 14.2. The van der Waals surface area contributed by atoms with Crippen LogP contribution in [-0.4, -0.2) is 24.0 Å². The van der Waals surface area contributed by atoms with Gasteiger partial charge in [0.25, 0.3) is 0 Å². The number of nitrogens with one attached hydrogen (secondary N) is 2. The summed E-state index contributed by atoms with van der Waals surface area (Å²) in [5.41, 5.74) is 11.7. The molecule has 0 spiro atoms. The zero-order valence-corrected chi connectivity index (χ0v) is 23.6. The summed E-state index contributed by atoms with van der Waals surface area (Å²) in [6, 6.07) is 35.7. The fourth-order valence-electron chi connectivity index (χ4n) is 6.31. The molecule has 206 valence electrons. The zero-order chi connectivity index (χ0) is 28.2. The predicted octanol–water partition coefficient (Wildman–Crippen LogP) is 8.22. The Bertz CT molecular complexity index is 1530. The Morgan fingerprint density at radius 1 is 0.775 bits per heavy atom. The average molecular weight is 535 g/mol. The molecule has 0 atom stereocenters. The second-order valence-corrected chi connectivity index (χ2v) is 11.1. The summed E-state index contributed by atoms with van der Waals surface area (Å²) in [6.07, 6.45) is 3.73. The SMILES string of the molecule is Cc1c(C2(Nc3ccccc3)CCC(c3cccc(F)c3)(N(C)C)CC2)[nH]c2ccccc12.Nc1ccccc1. The first-order valence-corrected chi connectivity index (χ1v) is 14.0. The number of aryl methyl sites for hydroxylation is 1. The van der Waals surface area contributed by atoms with Crippen molar-refractivity contribution in [3.05, 3.63) is 132 Å². The van der Waals surface area contributed by atoms with Gasteiger partial charge in [0, 0.05) is 33.5 Å². The van der Waals surface area contributed by atoms with Crippen molar-refractivity contribution < 1.29 is 4.39 Å². The number of benzene rings is 4. The lowest BCUT2D eigenvalue weighted by atomic mass is 9.67. The number of nitrogens with zero attached hydrogens (tertiary/aromatic N) is 1. The van der Waals surface area contributed by atoms with Crippen LogP contribution in [0.3, 0.4) is 0 Å². The van der Waals surface area contributed by atoms with Gasteiger partial charge in [0.1, 0.15) is 5.82 Å². The number of hydrogen-bond acceptors (Lipinski definition) is 3. The van der Waals surface area contributed by atoms with Crippen LogP contribution in [-0.2, 0) is 11.1 Å². The quantitative estimate of drug-likeness (QED) is 0.199. The van der Waals surface area contributed by atoms with Gasteiger partial charge in [-0.15, -0.1) is 0 Å². The van der Waals surface area contributed by atoms with E-state index in [4.69, 9.17) is 5.73 Å². The minimum atomic E-state index is -0.225. The maximum Gasteiger partial charge on any atom is 0.123 e. The number of rotatable bonds is 5. The van der Waals surface area contributed by atoms with Crippen LogP contribution in [0.4, 0.5) is 15.8 Å². The molecule has 0 bridgehead atoms. The Morgan fingerprint density at radius 2 is 1.40 bits per heavy atom. The molecule has 1 aromatic heterocycles. The molecule has 1 aliphatic carbocycles. The van der Waals surface area contributed by atoms with Gasteiger partial charge in [-0.05, 0) is 100 Å². The van der Waals surface area contributed by atoms with Crippen molar-refractivity contribution in [2.45, 2.75) is 43.7 Å². The number of nitrogens with two attached hydrogens (primary N) is 1. The van der Waals surface area contributed by atoms with E-state index in [0.717, 1.165) is 42.6 Å². The number of anilines is 2. The second kappa shape index (κ2) is 11.6. The first-order chi connectivity index (χ1) is 19.3. The van der Waals surface area contributed by atoms with Crippen molar-refractivity contribution in [1.82, 2.24) is 9.88 Å². The minimum absolute atomic E-state index is 0.167. The topological polar surface area (TPSA) is 57.1 Å². The third-order valence-corrected chi connectivity index (χ3v) is 8.55. The van der Waals surface area contributed by atoms with E-state index >= 15 is 0 Å². The normalized spacial score (nSPS) is 20.6. The van der Waals surface area contributed by atoms with Gasteiger partial charge in [-0.2, -0.15) is 0 Å². The van der Waals surface area contributed by atoms with Crippen LogP contribution in [0.25, 0.3) is 10.9 Å². The van der Waals surface area contributed by atoms with Crippen LogP contribution in [0.2, 0.25) is 0 Å². The third kappa shape index (κ3) is 5.47. The molecule has 0 aliphatic heterocycles. The molecule has 1 heterocycles. The van der Waals surface area contributed by atoms with Gasteiger partial charge in [0.2, 0.25) is 0 Å². The molecule has 1 fully saturated rings. The smallest absolute Gasteiger partial charge is 0.123 e. The summed E-state index contributed by atoms with van der Waals surface area (Å²) in [7, 11) is 4.24. The second-order valence-electron chi connectivity index (χ2n) is 11.1. The van der Waals surface area contributed by atoms with Crippen LogP contribution in [0.15, 0.2) is 109 Å². The maximum atomic E-state index is 14.2. The van der Waals surface area contributed by atoms with Crippen molar-refractivity contribution in [2.24, 2.45) is 0 Å². The largest absolute Gasteiger partial charge is 0.399 e. The monoisotopic (exact) mass is 534 g/mol. The summed E-state index contributed by atoms with van der Waals surface area (Å²) < 4.78 is 14.2. The lowest BCUT2D eigenvalue weighted by Gasteiger charge is -2.50. The minimum Gasteiger partial charge on any atom is -0.399 e. The lowest BCUT2D eigenvalue weighted by Crippen LogP contribution is -2.50. The number of halogens is 1. The van der Waals surface area contributed by atoms with Crippen LogP contribution in [0.5, 0.6) is 0 Å². The van der Waals surface area contributed by atoms with E-state index in [2.05, 4.69) is 90.8 Å². The van der Waals surface area contributed by atoms with Crippen LogP contribution in [0, 0.1) is 12.7 Å². The number of H-pyrrole nitrogens is 1. The Labute approximate surface area is 237 Å². The zero-order valence-electron chi connectivity index (χ0n) is 23.6. The van der Waals surface area contributed by atoms with E-state index in [1.54, 1.807) is 6.07 Å². The summed E-state index contributed by atoms with van der Waals surface area (Å²) in [5.74, 6) is -0.167. The Balaban J connectivity index is 0.000000403. The third-order valence-electron chi connectivity index (χ3n) is 8.55. The van der Waals surface area contributed by atoms with Crippen molar-refractivity contribution in [2.75, 3.05) is 25.1 Å². The number of para-hydroxylation sites is 3. The van der Waals surface area contributed by atoms with Crippen molar-refractivity contribution in [3.8, 4) is 0 Å². The molecule has 4 nitrogen and oxygen atoms in total. The fourth-order valence-corrected chi connectivity index (χ4v) is 6.31. The van der Waals surface area contributed by atoms with E-state index in [9.17, 15) is 4.39 Å². The molecule has 0 radical (unpaired) electrons. The predicted molar refractivity (Wildman–Crippen MR) is 166 cm³/mol. The van der Waals surface area contributed by atoms with Crippen LogP contribution >= 0.6 is 0 Å². The van der Waals surface area contributed by atoms with E-state index in [-0.39, 0.29) is 16.9 Å². The molecule has 40 heavy (non-hydrogen) atoms. The standard InChI is InChI=1S/C29H32FN3.C6H7N/c1-21-25-14-7-8-15-26(25)31-27(21)28(32-24-12-5-4-6-13-24)16-18-29(19-17-28,33(2)3)22-10-9-11-23(30)20-22;7-6-4-2-1-3-5-6/h4-15,20,31-32H,16-19H2,1-3H3;1-5H,7H2. The molecule has 1 aliphatic rings. The molecule has 4 aromatic carbocycles. The molecule has 1 saturated carbocycles. The Hall–Kier alpha value is -4.09. The Morgan fingerprint density at radius 3 is 1.98 bits per heavy atom. The van der Waals surface area contributed by atoms with Gasteiger partial charge in [-0.1, -0.05) is 66.7 Å². The Kier molecular flexibility index (Phi) is 7.95. The van der Waals surface area contributed by atoms with Gasteiger partial charge < -0.3 is 16.0 Å². The molecule has 5 aromatic rings. The first-order valence-electron chi connectivity index (χ1n) is 14.0. The van der Waals surface area contributed by atoms with Crippen molar-refractivity contribution >= 4 is 22.3 Å². The average Bonchev–Trinajstić information content (AvgIpc) is 3.32. The van der Waals surface area contributed by atoms with Gasteiger partial charge in [-0.25, -0.2) is 4.39 Å². The molecular formula is C35H39FN4. The van der Waals surface area contributed by atoms with Gasteiger partial charge in [0.05, 0.1) is 5.54 Å². The van der Waals surface area contributed by atoms with Crippen molar-refractivity contribution in [1.29, 1.82) is 0 Å². The molecule has 0 unspecified atom stereocenters. The molecule has 0 saturated heterocycles. The summed E-state index contributed by atoms with van der Waals surface area (Å²) in [5, 5.41) is 5.20. The van der Waals surface area contributed by atoms with Gasteiger partial charge in [0.15, 0.2) is 0 Å². The first kappa shape index (κ1) is 27.5. The van der Waals surface area contributed by atoms with Crippen molar-refractivity contribution in [3.63, 3.8) is 0 Å². The number of aromatic amines is 1. The van der Waals surface area contributed by atoms with E-state index in [1.807, 2.05) is 42.5 Å². The van der Waals surface area contributed by atoms with Gasteiger partial charge >= 0.3 is 0 Å². The highest BCUT2D eigenvalue weighted by atomic mass is 19.1. The molecule has 5 heteroatoms. The van der Waals surface area contributed by atoms with E-state index in [1.165, 1.54) is 28.2 Å². The van der Waals surface area contributed by atoms with E-state index < -0.39 is 0 Å². The highest BCUT2D eigenvalue weighted by Crippen LogP contribution is 2.50. The number of aromatic nitrogens is 1. The summed E-state index contributed by atoms with van der Waals surface area (Å²) in [4.78, 5) is 6.05. The molecule has 4 N–H and O–H groups in total. The highest BCUT2D eigenvalue weighted by Gasteiger charge is 2.47. The summed E-state index contributed by atoms with van der Waals surface area (Å²) >= 11 is 0. The number of fused-ring (bicyclic) bond motifs is 1.